The number of rotatable bonds is 6. The van der Waals surface area contributed by atoms with Crippen LogP contribution >= 0.6 is 11.3 Å². The van der Waals surface area contributed by atoms with Crippen molar-refractivity contribution in [1.82, 2.24) is 19.1 Å². The molecule has 0 atom stereocenters. The van der Waals surface area contributed by atoms with Gasteiger partial charge in [0.1, 0.15) is 10.8 Å². The molecule has 9 heteroatoms. The van der Waals surface area contributed by atoms with Gasteiger partial charge in [-0.25, -0.2) is 22.9 Å². The van der Waals surface area contributed by atoms with E-state index in [-0.39, 0.29) is 11.6 Å². The fraction of sp³-hybridized carbons (Fsp3) is 0.300. The van der Waals surface area contributed by atoms with Gasteiger partial charge in [0.05, 0.1) is 0 Å². The number of H-pyrrole nitrogens is 1. The zero-order chi connectivity index (χ0) is 20.3. The van der Waals surface area contributed by atoms with Crippen LogP contribution in [0.25, 0.3) is 11.1 Å². The first kappa shape index (κ1) is 19.8. The highest BCUT2D eigenvalue weighted by molar-refractivity contribution is 7.92. The number of nitrogens with zero attached hydrogens (tertiary/aromatic N) is 3. The number of thiophene rings is 1. The molecule has 0 aliphatic carbocycles. The molecule has 1 fully saturated rings. The van der Waals surface area contributed by atoms with E-state index in [1.807, 2.05) is 47.8 Å². The quantitative estimate of drug-likeness (QED) is 0.651. The molecule has 4 rings (SSSR count). The SMILES string of the molecule is O=c1[nH]nc(CC2CCN(S(=O)(=O)/C=C/c3ccccc3)CC2)n1-c1cccs1. The maximum absolute atomic E-state index is 12.6. The summed E-state index contributed by atoms with van der Waals surface area (Å²) in [5.74, 6) is 0.983. The number of nitrogens with one attached hydrogen (secondary N) is 1. The van der Waals surface area contributed by atoms with Gasteiger partial charge in [-0.15, -0.1) is 11.3 Å². The smallest absolute Gasteiger partial charge is 0.246 e. The molecule has 1 aliphatic heterocycles. The first-order chi connectivity index (χ1) is 14.0. The van der Waals surface area contributed by atoms with Crippen molar-refractivity contribution in [3.05, 3.63) is 75.1 Å². The largest absolute Gasteiger partial charge is 0.348 e. The minimum absolute atomic E-state index is 0.242. The molecule has 1 N–H and O–H groups in total. The molecular weight excluding hydrogens is 408 g/mol. The summed E-state index contributed by atoms with van der Waals surface area (Å²) in [6.45, 7) is 0.944. The molecule has 7 nitrogen and oxygen atoms in total. The number of benzene rings is 1. The van der Waals surface area contributed by atoms with E-state index in [9.17, 15) is 13.2 Å². The highest BCUT2D eigenvalue weighted by Crippen LogP contribution is 2.24. The molecule has 0 amide bonds. The number of hydrogen-bond acceptors (Lipinski definition) is 5. The summed E-state index contributed by atoms with van der Waals surface area (Å²) >= 11 is 1.49. The lowest BCUT2D eigenvalue weighted by atomic mass is 9.94. The van der Waals surface area contributed by atoms with E-state index in [1.165, 1.54) is 21.1 Å². The molecule has 29 heavy (non-hydrogen) atoms. The Labute approximate surface area is 173 Å². The van der Waals surface area contributed by atoms with Gasteiger partial charge < -0.3 is 0 Å². The van der Waals surface area contributed by atoms with Crippen molar-refractivity contribution in [3.8, 4) is 5.00 Å². The highest BCUT2D eigenvalue weighted by atomic mass is 32.2. The number of aromatic nitrogens is 3. The third-order valence-electron chi connectivity index (χ3n) is 5.11. The number of aromatic amines is 1. The van der Waals surface area contributed by atoms with Crippen molar-refractivity contribution in [3.63, 3.8) is 0 Å². The molecule has 1 saturated heterocycles. The van der Waals surface area contributed by atoms with Gasteiger partial charge in [-0.2, -0.15) is 9.40 Å². The zero-order valence-electron chi connectivity index (χ0n) is 15.8. The third kappa shape index (κ3) is 4.58. The molecule has 2 aromatic heterocycles. The van der Waals surface area contributed by atoms with Gasteiger partial charge in [-0.05, 0) is 47.9 Å². The van der Waals surface area contributed by atoms with Crippen LogP contribution in [-0.4, -0.2) is 40.6 Å². The predicted molar refractivity (Wildman–Crippen MR) is 114 cm³/mol. The molecule has 3 heterocycles. The van der Waals surface area contributed by atoms with Crippen LogP contribution in [0.3, 0.4) is 0 Å². The summed E-state index contributed by atoms with van der Waals surface area (Å²) in [6, 6.07) is 13.2. The van der Waals surface area contributed by atoms with Gasteiger partial charge in [0.15, 0.2) is 0 Å². The summed E-state index contributed by atoms with van der Waals surface area (Å²) in [4.78, 5) is 12.1. The van der Waals surface area contributed by atoms with Crippen molar-refractivity contribution in [1.29, 1.82) is 0 Å². The van der Waals surface area contributed by atoms with Crippen molar-refractivity contribution >= 4 is 27.4 Å². The average molecular weight is 431 g/mol. The Morgan fingerprint density at radius 2 is 1.90 bits per heavy atom. The standard InChI is InChI=1S/C20H22N4O3S2/c25-20-22-21-18(24(20)19-7-4-13-28-19)15-17-8-11-23(12-9-17)29(26,27)14-10-16-5-2-1-3-6-16/h1-7,10,13-14,17H,8-9,11-12,15H2,(H,22,25)/b14-10+. The lowest BCUT2D eigenvalue weighted by Crippen LogP contribution is -2.38. The van der Waals surface area contributed by atoms with Crippen molar-refractivity contribution < 1.29 is 8.42 Å². The minimum atomic E-state index is -3.44. The second-order valence-corrected chi connectivity index (χ2v) is 9.78. The Morgan fingerprint density at radius 3 is 2.59 bits per heavy atom. The fourth-order valence-electron chi connectivity index (χ4n) is 3.53. The molecule has 1 aromatic carbocycles. The maximum Gasteiger partial charge on any atom is 0.348 e. The van der Waals surface area contributed by atoms with Gasteiger partial charge in [0.2, 0.25) is 10.0 Å². The van der Waals surface area contributed by atoms with Gasteiger partial charge in [0, 0.05) is 24.9 Å². The van der Waals surface area contributed by atoms with E-state index >= 15 is 0 Å². The Hall–Kier alpha value is -2.49. The molecule has 0 bridgehead atoms. The van der Waals surface area contributed by atoms with Crippen molar-refractivity contribution in [2.75, 3.05) is 13.1 Å². The number of sulfonamides is 1. The highest BCUT2D eigenvalue weighted by Gasteiger charge is 2.27. The van der Waals surface area contributed by atoms with Crippen LogP contribution in [0.2, 0.25) is 0 Å². The molecule has 0 spiro atoms. The zero-order valence-corrected chi connectivity index (χ0v) is 17.4. The Balaban J connectivity index is 1.39. The van der Waals surface area contributed by atoms with E-state index in [2.05, 4.69) is 10.2 Å². The normalized spacial score (nSPS) is 16.6. The fourth-order valence-corrected chi connectivity index (χ4v) is 5.50. The molecule has 0 radical (unpaired) electrons. The molecule has 0 saturated carbocycles. The summed E-state index contributed by atoms with van der Waals surface area (Å²) in [7, 11) is -3.44. The Kier molecular flexibility index (Phi) is 5.79. The van der Waals surface area contributed by atoms with Crippen LogP contribution in [0.5, 0.6) is 0 Å². The Bertz CT molecular complexity index is 1120. The molecule has 1 aliphatic rings. The van der Waals surface area contributed by atoms with Crippen molar-refractivity contribution in [2.24, 2.45) is 5.92 Å². The van der Waals surface area contributed by atoms with E-state index < -0.39 is 10.0 Å². The van der Waals surface area contributed by atoms with Crippen LogP contribution in [0, 0.1) is 5.92 Å². The van der Waals surface area contributed by atoms with E-state index in [0.717, 1.165) is 23.4 Å². The molecule has 152 valence electrons. The van der Waals surface area contributed by atoms with E-state index in [0.29, 0.717) is 25.3 Å². The molecular formula is C20H22N4O3S2. The second kappa shape index (κ2) is 8.48. The van der Waals surface area contributed by atoms with E-state index in [1.54, 1.807) is 10.6 Å². The van der Waals surface area contributed by atoms with Crippen LogP contribution < -0.4 is 5.69 Å². The van der Waals surface area contributed by atoms with Gasteiger partial charge >= 0.3 is 5.69 Å². The topological polar surface area (TPSA) is 88.1 Å². The number of hydrogen-bond donors (Lipinski definition) is 1. The maximum atomic E-state index is 12.6. The van der Waals surface area contributed by atoms with E-state index in [4.69, 9.17) is 0 Å². The second-order valence-electron chi connectivity index (χ2n) is 7.04. The lowest BCUT2D eigenvalue weighted by molar-refractivity contribution is 0.272. The summed E-state index contributed by atoms with van der Waals surface area (Å²) < 4.78 is 28.4. The Morgan fingerprint density at radius 1 is 1.14 bits per heavy atom. The summed E-state index contributed by atoms with van der Waals surface area (Å²) in [5, 5.41) is 10.8. The van der Waals surface area contributed by atoms with Crippen LogP contribution in [0.15, 0.2) is 58.0 Å². The third-order valence-corrected chi connectivity index (χ3v) is 7.52. The van der Waals surface area contributed by atoms with Gasteiger partial charge in [-0.1, -0.05) is 30.3 Å². The first-order valence-corrected chi connectivity index (χ1v) is 11.8. The van der Waals surface area contributed by atoms with Gasteiger partial charge in [-0.3, -0.25) is 0 Å². The number of piperidine rings is 1. The molecule has 0 unspecified atom stereocenters. The lowest BCUT2D eigenvalue weighted by Gasteiger charge is -2.30. The average Bonchev–Trinajstić information content (AvgIpc) is 3.37. The van der Waals surface area contributed by atoms with Crippen molar-refractivity contribution in [2.45, 2.75) is 19.3 Å². The summed E-state index contributed by atoms with van der Waals surface area (Å²) in [6.07, 6.45) is 3.75. The first-order valence-electron chi connectivity index (χ1n) is 9.46. The van der Waals surface area contributed by atoms with Crippen LogP contribution in [0.1, 0.15) is 24.2 Å². The molecule has 3 aromatic rings. The predicted octanol–water partition coefficient (Wildman–Crippen LogP) is 2.88. The summed E-state index contributed by atoms with van der Waals surface area (Å²) in [5.41, 5.74) is 0.615. The van der Waals surface area contributed by atoms with Crippen LogP contribution in [0.4, 0.5) is 0 Å². The van der Waals surface area contributed by atoms with Crippen LogP contribution in [-0.2, 0) is 16.4 Å². The monoisotopic (exact) mass is 430 g/mol. The minimum Gasteiger partial charge on any atom is -0.246 e. The van der Waals surface area contributed by atoms with Gasteiger partial charge in [0.25, 0.3) is 0 Å².